The minimum Gasteiger partial charge on any atom is -0.361 e. The van der Waals surface area contributed by atoms with Crippen LogP contribution in [0.3, 0.4) is 0 Å². The lowest BCUT2D eigenvalue weighted by Gasteiger charge is -2.34. The van der Waals surface area contributed by atoms with Crippen molar-refractivity contribution < 1.29 is 9.32 Å². The first-order valence-electron chi connectivity index (χ1n) is 9.07. The lowest BCUT2D eigenvalue weighted by molar-refractivity contribution is -0.133. The zero-order chi connectivity index (χ0) is 18.1. The van der Waals surface area contributed by atoms with Gasteiger partial charge in [0.1, 0.15) is 12.3 Å². The molecule has 0 atom stereocenters. The molecule has 0 radical (unpaired) electrons. The largest absolute Gasteiger partial charge is 0.361 e. The lowest BCUT2D eigenvalue weighted by atomic mass is 10.2. The van der Waals surface area contributed by atoms with Crippen LogP contribution < -0.4 is 0 Å². The number of rotatable bonds is 4. The maximum atomic E-state index is 12.7. The summed E-state index contributed by atoms with van der Waals surface area (Å²) in [6.07, 6.45) is 2.00. The van der Waals surface area contributed by atoms with Gasteiger partial charge in [0, 0.05) is 50.0 Å². The number of benzene rings is 1. The molecule has 0 saturated carbocycles. The average Bonchev–Trinajstić information content (AvgIpc) is 3.21. The van der Waals surface area contributed by atoms with Crippen molar-refractivity contribution in [3.63, 3.8) is 0 Å². The Morgan fingerprint density at radius 1 is 1.12 bits per heavy atom. The summed E-state index contributed by atoms with van der Waals surface area (Å²) in [5.41, 5.74) is 3.24. The normalized spacial score (nSPS) is 15.7. The van der Waals surface area contributed by atoms with Crippen LogP contribution in [0.5, 0.6) is 0 Å². The molecule has 26 heavy (non-hydrogen) atoms. The van der Waals surface area contributed by atoms with Crippen LogP contribution in [-0.4, -0.2) is 51.6 Å². The molecule has 1 aliphatic heterocycles. The van der Waals surface area contributed by atoms with Gasteiger partial charge in [-0.1, -0.05) is 23.4 Å². The molecular weight excluding hydrogens is 328 g/mol. The molecule has 136 valence electrons. The smallest absolute Gasteiger partial charge is 0.242 e. The molecule has 4 rings (SSSR count). The Balaban J connectivity index is 1.35. The highest BCUT2D eigenvalue weighted by Gasteiger charge is 2.23. The highest BCUT2D eigenvalue weighted by Crippen LogP contribution is 2.18. The molecule has 0 N–H and O–H groups in total. The molecule has 0 unspecified atom stereocenters. The number of piperazine rings is 1. The third-order valence-corrected chi connectivity index (χ3v) is 5.27. The van der Waals surface area contributed by atoms with Gasteiger partial charge in [0.2, 0.25) is 5.91 Å². The third-order valence-electron chi connectivity index (χ3n) is 5.27. The Hall–Kier alpha value is -2.60. The first kappa shape index (κ1) is 16.8. The number of aryl methyl sites for hydroxylation is 2. The van der Waals surface area contributed by atoms with E-state index in [0.29, 0.717) is 6.54 Å². The highest BCUT2D eigenvalue weighted by molar-refractivity contribution is 5.83. The van der Waals surface area contributed by atoms with E-state index in [9.17, 15) is 4.79 Å². The van der Waals surface area contributed by atoms with Crippen molar-refractivity contribution in [2.45, 2.75) is 26.9 Å². The van der Waals surface area contributed by atoms with E-state index in [1.54, 1.807) is 0 Å². The van der Waals surface area contributed by atoms with Gasteiger partial charge in [0.15, 0.2) is 0 Å². The van der Waals surface area contributed by atoms with E-state index in [1.165, 1.54) is 10.9 Å². The summed E-state index contributed by atoms with van der Waals surface area (Å²) in [5, 5.41) is 5.19. The zero-order valence-corrected chi connectivity index (χ0v) is 15.3. The second-order valence-electron chi connectivity index (χ2n) is 6.96. The summed E-state index contributed by atoms with van der Waals surface area (Å²) in [6.45, 7) is 8.46. The number of fused-ring (bicyclic) bond motifs is 1. The Kier molecular flexibility index (Phi) is 4.51. The van der Waals surface area contributed by atoms with Crippen molar-refractivity contribution in [3.8, 4) is 0 Å². The van der Waals surface area contributed by atoms with Crippen LogP contribution in [0.2, 0.25) is 0 Å². The minimum absolute atomic E-state index is 0.184. The fourth-order valence-corrected chi connectivity index (χ4v) is 3.63. The van der Waals surface area contributed by atoms with Gasteiger partial charge in [-0.25, -0.2) is 0 Å². The molecule has 2 aromatic heterocycles. The second kappa shape index (κ2) is 6.96. The summed E-state index contributed by atoms with van der Waals surface area (Å²) >= 11 is 0. The fourth-order valence-electron chi connectivity index (χ4n) is 3.63. The van der Waals surface area contributed by atoms with Gasteiger partial charge in [0.05, 0.1) is 5.69 Å². The van der Waals surface area contributed by atoms with Crippen molar-refractivity contribution in [3.05, 3.63) is 53.5 Å². The van der Waals surface area contributed by atoms with Gasteiger partial charge in [-0.2, -0.15) is 0 Å². The number of carbonyl (C=O) groups is 1. The van der Waals surface area contributed by atoms with E-state index in [-0.39, 0.29) is 5.91 Å². The summed E-state index contributed by atoms with van der Waals surface area (Å²) in [4.78, 5) is 17.0. The molecule has 1 saturated heterocycles. The number of aromatic nitrogens is 2. The number of nitrogens with zero attached hydrogens (tertiary/aromatic N) is 4. The molecule has 6 nitrogen and oxygen atoms in total. The molecule has 0 spiro atoms. The quantitative estimate of drug-likeness (QED) is 0.724. The van der Waals surface area contributed by atoms with Crippen molar-refractivity contribution in [1.82, 2.24) is 19.5 Å². The monoisotopic (exact) mass is 352 g/mol. The number of hydrogen-bond acceptors (Lipinski definition) is 4. The van der Waals surface area contributed by atoms with Gasteiger partial charge in [-0.05, 0) is 31.4 Å². The van der Waals surface area contributed by atoms with Crippen molar-refractivity contribution in [2.75, 3.05) is 26.2 Å². The van der Waals surface area contributed by atoms with Gasteiger partial charge >= 0.3 is 0 Å². The first-order valence-corrected chi connectivity index (χ1v) is 9.07. The number of carbonyl (C=O) groups excluding carboxylic acids is 1. The molecule has 1 amide bonds. The fraction of sp³-hybridized carbons (Fsp3) is 0.400. The number of para-hydroxylation sites is 1. The Labute approximate surface area is 153 Å². The van der Waals surface area contributed by atoms with Crippen LogP contribution in [0.25, 0.3) is 10.9 Å². The van der Waals surface area contributed by atoms with Gasteiger partial charge in [-0.3, -0.25) is 9.69 Å². The maximum Gasteiger partial charge on any atom is 0.242 e. The summed E-state index contributed by atoms with van der Waals surface area (Å²) in [5.74, 6) is 1.07. The molecule has 3 aromatic rings. The molecular formula is C20H24N4O2. The summed E-state index contributed by atoms with van der Waals surface area (Å²) in [7, 11) is 0. The van der Waals surface area contributed by atoms with Crippen LogP contribution >= 0.6 is 0 Å². The second-order valence-corrected chi connectivity index (χ2v) is 6.96. The van der Waals surface area contributed by atoms with Crippen molar-refractivity contribution >= 4 is 16.8 Å². The minimum atomic E-state index is 0.184. The Morgan fingerprint density at radius 2 is 1.88 bits per heavy atom. The van der Waals surface area contributed by atoms with E-state index < -0.39 is 0 Å². The molecule has 1 fully saturated rings. The Morgan fingerprint density at radius 3 is 2.62 bits per heavy atom. The maximum absolute atomic E-state index is 12.7. The third kappa shape index (κ3) is 3.24. The summed E-state index contributed by atoms with van der Waals surface area (Å²) < 4.78 is 7.28. The number of amides is 1. The first-order chi connectivity index (χ1) is 12.6. The van der Waals surface area contributed by atoms with E-state index in [2.05, 4.69) is 28.3 Å². The van der Waals surface area contributed by atoms with E-state index in [4.69, 9.17) is 4.52 Å². The predicted molar refractivity (Wildman–Crippen MR) is 99.8 cm³/mol. The van der Waals surface area contributed by atoms with Gasteiger partial charge in [0.25, 0.3) is 0 Å². The van der Waals surface area contributed by atoms with E-state index in [0.717, 1.165) is 49.7 Å². The standard InChI is InChI=1S/C20H24N4O2/c1-15-18(16(2)26-21-15)13-22-9-11-23(12-10-22)20(25)14-24-8-7-17-5-3-4-6-19(17)24/h3-8H,9-14H2,1-2H3. The van der Waals surface area contributed by atoms with Gasteiger partial charge in [-0.15, -0.1) is 0 Å². The Bertz CT molecular complexity index is 899. The zero-order valence-electron chi connectivity index (χ0n) is 15.3. The molecule has 6 heteroatoms. The molecule has 0 bridgehead atoms. The van der Waals surface area contributed by atoms with Crippen LogP contribution in [-0.2, 0) is 17.9 Å². The van der Waals surface area contributed by atoms with E-state index in [1.807, 2.05) is 41.6 Å². The number of hydrogen-bond donors (Lipinski definition) is 0. The van der Waals surface area contributed by atoms with Crippen LogP contribution in [0.1, 0.15) is 17.0 Å². The predicted octanol–water partition coefficient (Wildman–Crippen LogP) is 2.59. The van der Waals surface area contributed by atoms with Crippen LogP contribution in [0.15, 0.2) is 41.1 Å². The lowest BCUT2D eigenvalue weighted by Crippen LogP contribution is -2.49. The van der Waals surface area contributed by atoms with Gasteiger partial charge < -0.3 is 14.0 Å². The van der Waals surface area contributed by atoms with Crippen LogP contribution in [0, 0.1) is 13.8 Å². The average molecular weight is 352 g/mol. The molecule has 1 aliphatic rings. The molecule has 3 heterocycles. The molecule has 0 aliphatic carbocycles. The topological polar surface area (TPSA) is 54.5 Å². The van der Waals surface area contributed by atoms with Crippen LogP contribution in [0.4, 0.5) is 0 Å². The highest BCUT2D eigenvalue weighted by atomic mass is 16.5. The molecule has 1 aromatic carbocycles. The van der Waals surface area contributed by atoms with Crippen molar-refractivity contribution in [2.24, 2.45) is 0 Å². The SMILES string of the molecule is Cc1noc(C)c1CN1CCN(C(=O)Cn2ccc3ccccc32)CC1. The van der Waals surface area contributed by atoms with E-state index >= 15 is 0 Å². The van der Waals surface area contributed by atoms with Crippen molar-refractivity contribution in [1.29, 1.82) is 0 Å². The summed E-state index contributed by atoms with van der Waals surface area (Å²) in [6, 6.07) is 10.2.